The summed E-state index contributed by atoms with van der Waals surface area (Å²) >= 11 is 0. The van der Waals surface area contributed by atoms with Crippen LogP contribution in [0, 0.1) is 6.92 Å². The summed E-state index contributed by atoms with van der Waals surface area (Å²) in [5, 5.41) is 13.4. The highest BCUT2D eigenvalue weighted by Crippen LogP contribution is 2.26. The summed E-state index contributed by atoms with van der Waals surface area (Å²) in [6.07, 6.45) is 1.72. The highest BCUT2D eigenvalue weighted by Gasteiger charge is 2.24. The number of furan rings is 1. The zero-order valence-electron chi connectivity index (χ0n) is 13.6. The van der Waals surface area contributed by atoms with Crippen LogP contribution in [0.3, 0.4) is 0 Å². The third-order valence-corrected chi connectivity index (χ3v) is 3.91. The SMILES string of the molecule is Cc1ccc(-c2cc(C(=O)NCc3noc([C@H]4CCCO4)n3)n[nH]2)o1. The lowest BCUT2D eigenvalue weighted by molar-refractivity contribution is 0.0835. The van der Waals surface area contributed by atoms with Gasteiger partial charge < -0.3 is 19.0 Å². The first kappa shape index (κ1) is 15.6. The average Bonchev–Trinajstić information content (AvgIpc) is 3.38. The van der Waals surface area contributed by atoms with Crippen molar-refractivity contribution in [2.75, 3.05) is 6.61 Å². The number of aryl methyl sites for hydroxylation is 1. The lowest BCUT2D eigenvalue weighted by Crippen LogP contribution is -2.23. The highest BCUT2D eigenvalue weighted by atomic mass is 16.5. The molecule has 130 valence electrons. The van der Waals surface area contributed by atoms with E-state index in [1.165, 1.54) is 0 Å². The Labute approximate surface area is 142 Å². The quantitative estimate of drug-likeness (QED) is 0.728. The Morgan fingerprint density at radius 3 is 3.12 bits per heavy atom. The van der Waals surface area contributed by atoms with Crippen LogP contribution < -0.4 is 5.32 Å². The second kappa shape index (κ2) is 6.52. The number of nitrogens with zero attached hydrogens (tertiary/aromatic N) is 3. The summed E-state index contributed by atoms with van der Waals surface area (Å²) in [5.74, 6) is 1.93. The summed E-state index contributed by atoms with van der Waals surface area (Å²) < 4.78 is 16.2. The fourth-order valence-electron chi connectivity index (χ4n) is 2.64. The van der Waals surface area contributed by atoms with Crippen molar-refractivity contribution in [3.8, 4) is 11.5 Å². The minimum Gasteiger partial charge on any atom is -0.460 e. The maximum absolute atomic E-state index is 12.2. The maximum Gasteiger partial charge on any atom is 0.272 e. The monoisotopic (exact) mass is 343 g/mol. The predicted octanol–water partition coefficient (Wildman–Crippen LogP) is 2.14. The smallest absolute Gasteiger partial charge is 0.272 e. The molecule has 1 aliphatic rings. The molecule has 1 saturated heterocycles. The van der Waals surface area contributed by atoms with Crippen LogP contribution in [0.15, 0.2) is 27.1 Å². The second-order valence-corrected chi connectivity index (χ2v) is 5.81. The molecule has 1 aliphatic heterocycles. The topological polar surface area (TPSA) is 119 Å². The molecule has 4 rings (SSSR count). The third-order valence-electron chi connectivity index (χ3n) is 3.91. The van der Waals surface area contributed by atoms with Crippen molar-refractivity contribution >= 4 is 5.91 Å². The summed E-state index contributed by atoms with van der Waals surface area (Å²) in [6.45, 7) is 2.70. The van der Waals surface area contributed by atoms with Gasteiger partial charge in [0.1, 0.15) is 17.6 Å². The molecule has 0 unspecified atom stereocenters. The van der Waals surface area contributed by atoms with E-state index in [9.17, 15) is 4.79 Å². The number of rotatable bonds is 5. The Morgan fingerprint density at radius 2 is 2.36 bits per heavy atom. The van der Waals surface area contributed by atoms with Crippen LogP contribution in [0.1, 0.15) is 46.9 Å². The third kappa shape index (κ3) is 3.31. The van der Waals surface area contributed by atoms with E-state index >= 15 is 0 Å². The van der Waals surface area contributed by atoms with Crippen molar-refractivity contribution < 1.29 is 18.5 Å². The molecule has 3 aromatic rings. The number of hydrogen-bond donors (Lipinski definition) is 2. The lowest BCUT2D eigenvalue weighted by atomic mass is 10.2. The molecule has 4 heterocycles. The first-order valence-corrected chi connectivity index (χ1v) is 8.03. The first-order valence-electron chi connectivity index (χ1n) is 8.03. The molecule has 9 nitrogen and oxygen atoms in total. The standard InChI is InChI=1S/C16H17N5O4/c1-9-4-5-12(24-9)10-7-11(20-19-10)15(22)17-8-14-18-16(25-21-14)13-3-2-6-23-13/h4-5,7,13H,2-3,6,8H2,1H3,(H,17,22)(H,19,20)/t13-/m1/s1. The van der Waals surface area contributed by atoms with Gasteiger partial charge in [-0.25, -0.2) is 0 Å². The zero-order valence-corrected chi connectivity index (χ0v) is 13.6. The van der Waals surface area contributed by atoms with Crippen molar-refractivity contribution in [2.24, 2.45) is 0 Å². The molecule has 3 aromatic heterocycles. The van der Waals surface area contributed by atoms with E-state index < -0.39 is 0 Å². The Morgan fingerprint density at radius 1 is 1.44 bits per heavy atom. The van der Waals surface area contributed by atoms with Gasteiger partial charge in [-0.05, 0) is 31.9 Å². The number of H-pyrrole nitrogens is 1. The van der Waals surface area contributed by atoms with Crippen LogP contribution in [0.4, 0.5) is 0 Å². The van der Waals surface area contributed by atoms with Gasteiger partial charge in [-0.3, -0.25) is 9.89 Å². The normalized spacial score (nSPS) is 17.1. The molecule has 2 N–H and O–H groups in total. The molecule has 0 saturated carbocycles. The van der Waals surface area contributed by atoms with Gasteiger partial charge in [-0.15, -0.1) is 0 Å². The zero-order chi connectivity index (χ0) is 17.2. The molecule has 0 radical (unpaired) electrons. The van der Waals surface area contributed by atoms with Gasteiger partial charge in [0, 0.05) is 12.7 Å². The van der Waals surface area contributed by atoms with Crippen LogP contribution >= 0.6 is 0 Å². The number of aromatic nitrogens is 4. The van der Waals surface area contributed by atoms with Crippen molar-refractivity contribution in [1.29, 1.82) is 0 Å². The van der Waals surface area contributed by atoms with Gasteiger partial charge in [0.05, 0.1) is 6.54 Å². The molecule has 0 bridgehead atoms. The first-order chi connectivity index (χ1) is 12.2. The van der Waals surface area contributed by atoms with E-state index in [2.05, 4.69) is 25.7 Å². The van der Waals surface area contributed by atoms with E-state index in [0.717, 1.165) is 18.6 Å². The molecular weight excluding hydrogens is 326 g/mol. The number of carbonyl (C=O) groups excluding carboxylic acids is 1. The van der Waals surface area contributed by atoms with Gasteiger partial charge >= 0.3 is 0 Å². The van der Waals surface area contributed by atoms with Crippen LogP contribution in [-0.2, 0) is 11.3 Å². The van der Waals surface area contributed by atoms with Gasteiger partial charge in [0.15, 0.2) is 17.3 Å². The molecule has 25 heavy (non-hydrogen) atoms. The minimum atomic E-state index is -0.339. The Kier molecular flexibility index (Phi) is 4.06. The number of hydrogen-bond acceptors (Lipinski definition) is 7. The summed E-state index contributed by atoms with van der Waals surface area (Å²) in [6, 6.07) is 5.29. The van der Waals surface area contributed by atoms with Crippen LogP contribution in [0.5, 0.6) is 0 Å². The van der Waals surface area contributed by atoms with Gasteiger partial charge in [0.2, 0.25) is 0 Å². The molecule has 0 aromatic carbocycles. The number of aromatic amines is 1. The van der Waals surface area contributed by atoms with E-state index in [4.69, 9.17) is 13.7 Å². The van der Waals surface area contributed by atoms with E-state index in [1.807, 2.05) is 19.1 Å². The van der Waals surface area contributed by atoms with Crippen molar-refractivity contribution in [3.05, 3.63) is 41.4 Å². The maximum atomic E-state index is 12.2. The number of ether oxygens (including phenoxy) is 1. The van der Waals surface area contributed by atoms with Gasteiger partial charge in [-0.1, -0.05) is 5.16 Å². The second-order valence-electron chi connectivity index (χ2n) is 5.81. The van der Waals surface area contributed by atoms with Crippen molar-refractivity contribution in [2.45, 2.75) is 32.4 Å². The molecule has 1 atom stereocenters. The number of nitrogens with one attached hydrogen (secondary N) is 2. The van der Waals surface area contributed by atoms with Crippen molar-refractivity contribution in [1.82, 2.24) is 25.7 Å². The number of carbonyl (C=O) groups is 1. The minimum absolute atomic E-state index is 0.136. The fraction of sp³-hybridized carbons (Fsp3) is 0.375. The fourth-order valence-corrected chi connectivity index (χ4v) is 2.64. The molecule has 9 heteroatoms. The Bertz CT molecular complexity index is 875. The van der Waals surface area contributed by atoms with Crippen LogP contribution in [0.25, 0.3) is 11.5 Å². The molecule has 0 spiro atoms. The summed E-state index contributed by atoms with van der Waals surface area (Å²) in [5.41, 5.74) is 0.894. The Balaban J connectivity index is 1.37. The lowest BCUT2D eigenvalue weighted by Gasteiger charge is -2.00. The average molecular weight is 343 g/mol. The summed E-state index contributed by atoms with van der Waals surface area (Å²) in [4.78, 5) is 16.4. The molecule has 1 fully saturated rings. The predicted molar refractivity (Wildman–Crippen MR) is 84.4 cm³/mol. The van der Waals surface area contributed by atoms with Crippen molar-refractivity contribution in [3.63, 3.8) is 0 Å². The van der Waals surface area contributed by atoms with E-state index in [1.54, 1.807) is 6.07 Å². The van der Waals surface area contributed by atoms with Crippen LogP contribution in [-0.4, -0.2) is 32.9 Å². The highest BCUT2D eigenvalue weighted by molar-refractivity contribution is 5.93. The van der Waals surface area contributed by atoms with Gasteiger partial charge in [0.25, 0.3) is 11.8 Å². The summed E-state index contributed by atoms with van der Waals surface area (Å²) in [7, 11) is 0. The molecule has 0 aliphatic carbocycles. The molecular formula is C16H17N5O4. The Hall–Kier alpha value is -2.94. The van der Waals surface area contributed by atoms with Gasteiger partial charge in [-0.2, -0.15) is 10.1 Å². The van der Waals surface area contributed by atoms with E-state index in [0.29, 0.717) is 29.8 Å². The number of amides is 1. The molecule has 1 amide bonds. The van der Waals surface area contributed by atoms with E-state index in [-0.39, 0.29) is 24.2 Å². The largest absolute Gasteiger partial charge is 0.460 e. The van der Waals surface area contributed by atoms with Crippen LogP contribution in [0.2, 0.25) is 0 Å².